The third-order valence-electron chi connectivity index (χ3n) is 4.09. The first kappa shape index (κ1) is 7.78. The first-order valence-corrected chi connectivity index (χ1v) is 5.57. The Kier molecular flexibility index (Phi) is 1.61. The Balaban J connectivity index is 1.90. The molecule has 1 fully saturated rings. The molecule has 1 nitrogen and oxygen atoms in total. The molecule has 0 aliphatic heterocycles. The Bertz CT molecular complexity index is 287. The molecular weight excluding hydrogens is 160 g/mol. The topological polar surface area (TPSA) is 17.1 Å². The van der Waals surface area contributed by atoms with Crippen LogP contribution in [0.2, 0.25) is 0 Å². The van der Waals surface area contributed by atoms with Gasteiger partial charge in [-0.05, 0) is 43.9 Å². The van der Waals surface area contributed by atoms with Gasteiger partial charge in [-0.15, -0.1) is 0 Å². The fourth-order valence-corrected chi connectivity index (χ4v) is 3.54. The van der Waals surface area contributed by atoms with Gasteiger partial charge in [0, 0.05) is 12.8 Å². The van der Waals surface area contributed by atoms with Crippen molar-refractivity contribution >= 4 is 5.78 Å². The number of fused-ring (bicyclic) bond motifs is 2. The Morgan fingerprint density at radius 3 is 2.77 bits per heavy atom. The number of allylic oxidation sites excluding steroid dienone is 2. The zero-order valence-corrected chi connectivity index (χ0v) is 8.01. The minimum Gasteiger partial charge on any atom is -0.300 e. The summed E-state index contributed by atoms with van der Waals surface area (Å²) < 4.78 is 0. The van der Waals surface area contributed by atoms with Crippen molar-refractivity contribution in [1.29, 1.82) is 0 Å². The number of carbonyl (C=O) groups excluding carboxylic acids is 1. The zero-order valence-electron chi connectivity index (χ0n) is 8.01. The third-order valence-corrected chi connectivity index (χ3v) is 4.09. The fraction of sp³-hybridized carbons (Fsp3) is 0.750. The van der Waals surface area contributed by atoms with E-state index in [9.17, 15) is 4.79 Å². The molecule has 1 saturated carbocycles. The predicted molar refractivity (Wildman–Crippen MR) is 51.3 cm³/mol. The van der Waals surface area contributed by atoms with Gasteiger partial charge in [0.25, 0.3) is 0 Å². The van der Waals surface area contributed by atoms with Gasteiger partial charge in [0.1, 0.15) is 5.78 Å². The first-order valence-electron chi connectivity index (χ1n) is 5.57. The molecule has 0 aromatic carbocycles. The summed E-state index contributed by atoms with van der Waals surface area (Å²) in [4.78, 5) is 11.3. The van der Waals surface area contributed by atoms with E-state index in [1.54, 1.807) is 11.1 Å². The molecule has 1 heteroatoms. The molecule has 0 aromatic heterocycles. The average Bonchev–Trinajstić information content (AvgIpc) is 2.60. The normalized spacial score (nSPS) is 38.0. The molecule has 3 aliphatic carbocycles. The minimum absolute atomic E-state index is 0.520. The molecule has 0 saturated heterocycles. The maximum absolute atomic E-state index is 11.3. The summed E-state index contributed by atoms with van der Waals surface area (Å²) in [5.41, 5.74) is 3.45. The highest BCUT2D eigenvalue weighted by Crippen LogP contribution is 2.50. The summed E-state index contributed by atoms with van der Waals surface area (Å²) in [6, 6.07) is 0. The predicted octanol–water partition coefficient (Wildman–Crippen LogP) is 2.86. The Morgan fingerprint density at radius 2 is 1.85 bits per heavy atom. The van der Waals surface area contributed by atoms with E-state index in [-0.39, 0.29) is 0 Å². The van der Waals surface area contributed by atoms with Crippen LogP contribution in [0.5, 0.6) is 0 Å². The lowest BCUT2D eigenvalue weighted by Crippen LogP contribution is -2.04. The van der Waals surface area contributed by atoms with Gasteiger partial charge >= 0.3 is 0 Å². The maximum Gasteiger partial charge on any atom is 0.133 e. The lowest BCUT2D eigenvalue weighted by atomic mass is 9.88. The number of hydrogen-bond donors (Lipinski definition) is 0. The lowest BCUT2D eigenvalue weighted by Gasteiger charge is -2.17. The second-order valence-corrected chi connectivity index (χ2v) is 4.85. The highest BCUT2D eigenvalue weighted by molar-refractivity contribution is 5.82. The van der Waals surface area contributed by atoms with Crippen LogP contribution in [0.25, 0.3) is 0 Å². The van der Waals surface area contributed by atoms with Gasteiger partial charge in [0.2, 0.25) is 0 Å². The van der Waals surface area contributed by atoms with Crippen LogP contribution in [-0.2, 0) is 4.79 Å². The summed E-state index contributed by atoms with van der Waals surface area (Å²) in [5.74, 6) is 1.95. The highest BCUT2D eigenvalue weighted by atomic mass is 16.1. The Hall–Kier alpha value is -0.590. The van der Waals surface area contributed by atoms with Crippen LogP contribution in [-0.4, -0.2) is 5.78 Å². The molecule has 2 atom stereocenters. The average molecular weight is 176 g/mol. The van der Waals surface area contributed by atoms with Crippen molar-refractivity contribution in [3.05, 3.63) is 11.1 Å². The summed E-state index contributed by atoms with van der Waals surface area (Å²) in [5, 5.41) is 0. The van der Waals surface area contributed by atoms with Crippen molar-refractivity contribution in [2.75, 3.05) is 0 Å². The van der Waals surface area contributed by atoms with Crippen molar-refractivity contribution < 1.29 is 4.79 Å². The highest BCUT2D eigenvalue weighted by Gasteiger charge is 2.41. The van der Waals surface area contributed by atoms with Crippen molar-refractivity contribution in [3.8, 4) is 0 Å². The number of Topliss-reactive ketones (excluding diaryl/α,β-unsaturated/α-hetero) is 1. The number of rotatable bonds is 0. The van der Waals surface area contributed by atoms with Crippen molar-refractivity contribution in [3.63, 3.8) is 0 Å². The van der Waals surface area contributed by atoms with Crippen LogP contribution < -0.4 is 0 Å². The Morgan fingerprint density at radius 1 is 1.00 bits per heavy atom. The van der Waals surface area contributed by atoms with Gasteiger partial charge in [-0.3, -0.25) is 4.79 Å². The third kappa shape index (κ3) is 1.09. The van der Waals surface area contributed by atoms with Crippen molar-refractivity contribution in [2.24, 2.45) is 11.8 Å². The van der Waals surface area contributed by atoms with Crippen molar-refractivity contribution in [1.82, 2.24) is 0 Å². The van der Waals surface area contributed by atoms with Crippen LogP contribution >= 0.6 is 0 Å². The van der Waals surface area contributed by atoms with E-state index in [4.69, 9.17) is 0 Å². The number of ketones is 1. The molecule has 0 radical (unpaired) electrons. The van der Waals surface area contributed by atoms with E-state index < -0.39 is 0 Å². The molecule has 0 spiro atoms. The van der Waals surface area contributed by atoms with Gasteiger partial charge < -0.3 is 0 Å². The maximum atomic E-state index is 11.3. The quantitative estimate of drug-likeness (QED) is 0.519. The van der Waals surface area contributed by atoms with Crippen LogP contribution in [0.3, 0.4) is 0 Å². The van der Waals surface area contributed by atoms with Crippen LogP contribution in [0.4, 0.5) is 0 Å². The number of carbonyl (C=O) groups is 1. The first-order chi connectivity index (χ1) is 6.34. The molecule has 70 valence electrons. The SMILES string of the molecule is O=C1C[C@H]2CC3=C(CCCC3)[C@H]2C1. The summed E-state index contributed by atoms with van der Waals surface area (Å²) >= 11 is 0. The Labute approximate surface area is 79.2 Å². The standard InChI is InChI=1S/C12H16O/c13-10-6-9-5-8-3-1-2-4-11(8)12(9)7-10/h9,12H,1-7H2/t9-,12+/m1/s1. The van der Waals surface area contributed by atoms with Crippen molar-refractivity contribution in [2.45, 2.75) is 44.9 Å². The van der Waals surface area contributed by atoms with E-state index in [0.717, 1.165) is 18.8 Å². The molecular formula is C12H16O. The summed E-state index contributed by atoms with van der Waals surface area (Å²) in [6.45, 7) is 0. The molecule has 0 amide bonds. The van der Waals surface area contributed by atoms with Gasteiger partial charge in [-0.25, -0.2) is 0 Å². The molecule has 13 heavy (non-hydrogen) atoms. The van der Waals surface area contributed by atoms with Crippen LogP contribution in [0.1, 0.15) is 44.9 Å². The largest absolute Gasteiger partial charge is 0.300 e. The van der Waals surface area contributed by atoms with E-state index in [2.05, 4.69) is 0 Å². The summed E-state index contributed by atoms with van der Waals surface area (Å²) in [6.07, 6.45) is 8.45. The molecule has 0 N–H and O–H groups in total. The smallest absolute Gasteiger partial charge is 0.133 e. The van der Waals surface area contributed by atoms with Gasteiger partial charge in [0.15, 0.2) is 0 Å². The van der Waals surface area contributed by atoms with E-state index in [1.807, 2.05) is 0 Å². The van der Waals surface area contributed by atoms with Crippen LogP contribution in [0.15, 0.2) is 11.1 Å². The number of hydrogen-bond acceptors (Lipinski definition) is 1. The molecule has 0 bridgehead atoms. The van der Waals surface area contributed by atoms with E-state index in [1.165, 1.54) is 32.1 Å². The lowest BCUT2D eigenvalue weighted by molar-refractivity contribution is -0.117. The van der Waals surface area contributed by atoms with Crippen LogP contribution in [0, 0.1) is 11.8 Å². The summed E-state index contributed by atoms with van der Waals surface area (Å²) in [7, 11) is 0. The molecule has 0 unspecified atom stereocenters. The molecule has 0 aromatic rings. The monoisotopic (exact) mass is 176 g/mol. The molecule has 3 aliphatic rings. The van der Waals surface area contributed by atoms with Gasteiger partial charge in [-0.2, -0.15) is 0 Å². The van der Waals surface area contributed by atoms with Gasteiger partial charge in [0.05, 0.1) is 0 Å². The minimum atomic E-state index is 0.520. The molecule has 3 rings (SSSR count). The van der Waals surface area contributed by atoms with E-state index >= 15 is 0 Å². The zero-order chi connectivity index (χ0) is 8.84. The second kappa shape index (κ2) is 2.70. The second-order valence-electron chi connectivity index (χ2n) is 4.85. The van der Waals surface area contributed by atoms with E-state index in [0.29, 0.717) is 11.7 Å². The van der Waals surface area contributed by atoms with Gasteiger partial charge in [-0.1, -0.05) is 11.1 Å². The fourth-order valence-electron chi connectivity index (χ4n) is 3.54. The molecule has 0 heterocycles.